The molecule has 0 saturated carbocycles. The third-order valence-electron chi connectivity index (χ3n) is 4.24. The Morgan fingerprint density at radius 2 is 1.77 bits per heavy atom. The summed E-state index contributed by atoms with van der Waals surface area (Å²) in [6.07, 6.45) is 3.59. The summed E-state index contributed by atoms with van der Waals surface area (Å²) in [6.45, 7) is 9.16. The smallest absolute Gasteiger partial charge is 0.229 e. The van der Waals surface area contributed by atoms with Crippen molar-refractivity contribution in [3.05, 3.63) is 71.2 Å². The highest BCUT2D eigenvalue weighted by Gasteiger charge is 2.11. The molecule has 2 aromatic heterocycles. The molecule has 3 rings (SSSR count). The first-order chi connectivity index (χ1) is 12.5. The van der Waals surface area contributed by atoms with E-state index in [1.165, 1.54) is 11.1 Å². The monoisotopic (exact) mass is 347 g/mol. The lowest BCUT2D eigenvalue weighted by Crippen LogP contribution is -2.07. The molecule has 2 N–H and O–H groups in total. The molecule has 0 spiro atoms. The van der Waals surface area contributed by atoms with Gasteiger partial charge in [0.15, 0.2) is 0 Å². The Bertz CT molecular complexity index is 875. The van der Waals surface area contributed by atoms with Crippen molar-refractivity contribution in [2.45, 2.75) is 40.2 Å². The maximum Gasteiger partial charge on any atom is 0.229 e. The van der Waals surface area contributed by atoms with Crippen LogP contribution in [0.25, 0.3) is 0 Å². The number of aryl methyl sites for hydroxylation is 2. The maximum absolute atomic E-state index is 4.64. The second kappa shape index (κ2) is 7.95. The van der Waals surface area contributed by atoms with Crippen LogP contribution in [0.5, 0.6) is 0 Å². The number of anilines is 3. The summed E-state index contributed by atoms with van der Waals surface area (Å²) >= 11 is 0. The summed E-state index contributed by atoms with van der Waals surface area (Å²) in [4.78, 5) is 13.2. The van der Waals surface area contributed by atoms with Gasteiger partial charge in [-0.1, -0.05) is 32.0 Å². The molecule has 0 bridgehead atoms. The highest BCUT2D eigenvalue weighted by atomic mass is 15.1. The van der Waals surface area contributed by atoms with Crippen LogP contribution < -0.4 is 10.6 Å². The largest absolute Gasteiger partial charge is 0.366 e. The second-order valence-electron chi connectivity index (χ2n) is 6.75. The molecule has 0 aliphatic heterocycles. The summed E-state index contributed by atoms with van der Waals surface area (Å²) in [6, 6.07) is 12.3. The third-order valence-corrected chi connectivity index (χ3v) is 4.24. The van der Waals surface area contributed by atoms with Crippen molar-refractivity contribution in [3.8, 4) is 0 Å². The minimum Gasteiger partial charge on any atom is -0.366 e. The van der Waals surface area contributed by atoms with Crippen molar-refractivity contribution < 1.29 is 0 Å². The zero-order valence-electron chi connectivity index (χ0n) is 15.7. The fourth-order valence-electron chi connectivity index (χ4n) is 2.86. The molecule has 26 heavy (non-hydrogen) atoms. The van der Waals surface area contributed by atoms with Crippen molar-refractivity contribution in [2.75, 3.05) is 10.6 Å². The molecule has 3 aromatic rings. The first-order valence-electron chi connectivity index (χ1n) is 8.88. The van der Waals surface area contributed by atoms with E-state index in [1.54, 1.807) is 12.4 Å². The third kappa shape index (κ3) is 4.36. The van der Waals surface area contributed by atoms with Crippen molar-refractivity contribution in [2.24, 2.45) is 0 Å². The standard InChI is InChI=1S/C21H25N5/c1-14(2)18-7-5-6-15(3)20(18)26-21-24-16(4)12-19(25-21)23-13-17-8-10-22-11-9-17/h5-12,14H,13H2,1-4H3,(H2,23,24,25,26). The summed E-state index contributed by atoms with van der Waals surface area (Å²) in [5.74, 6) is 1.83. The summed E-state index contributed by atoms with van der Waals surface area (Å²) in [5.41, 5.74) is 5.62. The average Bonchev–Trinajstić information content (AvgIpc) is 2.62. The van der Waals surface area contributed by atoms with Crippen LogP contribution in [0.2, 0.25) is 0 Å². The number of aromatic nitrogens is 3. The van der Waals surface area contributed by atoms with Crippen molar-refractivity contribution >= 4 is 17.5 Å². The van der Waals surface area contributed by atoms with E-state index in [0.717, 1.165) is 22.8 Å². The number of pyridine rings is 1. The van der Waals surface area contributed by atoms with Crippen molar-refractivity contribution in [3.63, 3.8) is 0 Å². The van der Waals surface area contributed by atoms with Gasteiger partial charge >= 0.3 is 0 Å². The van der Waals surface area contributed by atoms with Crippen molar-refractivity contribution in [1.82, 2.24) is 15.0 Å². The Hall–Kier alpha value is -2.95. The molecule has 5 heteroatoms. The number of benzene rings is 1. The predicted octanol–water partition coefficient (Wildman–Crippen LogP) is 4.97. The fourth-order valence-corrected chi connectivity index (χ4v) is 2.86. The van der Waals surface area contributed by atoms with Gasteiger partial charge in [0.05, 0.1) is 0 Å². The molecular weight excluding hydrogens is 322 g/mol. The van der Waals surface area contributed by atoms with E-state index < -0.39 is 0 Å². The van der Waals surface area contributed by atoms with Crippen LogP contribution in [0.15, 0.2) is 48.8 Å². The molecule has 0 saturated heterocycles. The van der Waals surface area contributed by atoms with E-state index in [2.05, 4.69) is 64.6 Å². The second-order valence-corrected chi connectivity index (χ2v) is 6.75. The van der Waals surface area contributed by atoms with Crippen LogP contribution in [0.4, 0.5) is 17.5 Å². The van der Waals surface area contributed by atoms with Gasteiger partial charge in [-0.3, -0.25) is 4.98 Å². The van der Waals surface area contributed by atoms with E-state index in [-0.39, 0.29) is 0 Å². The van der Waals surface area contributed by atoms with Crippen LogP contribution in [-0.4, -0.2) is 15.0 Å². The molecule has 134 valence electrons. The number of nitrogens with zero attached hydrogens (tertiary/aromatic N) is 3. The molecule has 0 fully saturated rings. The molecule has 1 aromatic carbocycles. The lowest BCUT2D eigenvalue weighted by Gasteiger charge is -2.17. The SMILES string of the molecule is Cc1cc(NCc2ccncc2)nc(Nc2c(C)cccc2C(C)C)n1. The lowest BCUT2D eigenvalue weighted by atomic mass is 9.98. The highest BCUT2D eigenvalue weighted by Crippen LogP contribution is 2.29. The number of hydrogen-bond donors (Lipinski definition) is 2. The zero-order valence-corrected chi connectivity index (χ0v) is 15.7. The van der Waals surface area contributed by atoms with E-state index in [0.29, 0.717) is 18.4 Å². The van der Waals surface area contributed by atoms with E-state index in [9.17, 15) is 0 Å². The van der Waals surface area contributed by atoms with Crippen LogP contribution in [0.3, 0.4) is 0 Å². The summed E-state index contributed by atoms with van der Waals surface area (Å²) < 4.78 is 0. The normalized spacial score (nSPS) is 10.8. The van der Waals surface area contributed by atoms with Crippen molar-refractivity contribution in [1.29, 1.82) is 0 Å². The minimum absolute atomic E-state index is 0.423. The molecule has 0 amide bonds. The lowest BCUT2D eigenvalue weighted by molar-refractivity contribution is 0.866. The van der Waals surface area contributed by atoms with Gasteiger partial charge in [-0.25, -0.2) is 4.98 Å². The Kier molecular flexibility index (Phi) is 5.46. The maximum atomic E-state index is 4.64. The number of hydrogen-bond acceptors (Lipinski definition) is 5. The molecule has 0 radical (unpaired) electrons. The van der Waals surface area contributed by atoms with Gasteiger partial charge < -0.3 is 10.6 Å². The Morgan fingerprint density at radius 3 is 2.50 bits per heavy atom. The molecular formula is C21H25N5. The first-order valence-corrected chi connectivity index (χ1v) is 8.88. The van der Waals surface area contributed by atoms with Gasteiger partial charge in [-0.15, -0.1) is 0 Å². The summed E-state index contributed by atoms with van der Waals surface area (Å²) in [5, 5.41) is 6.79. The van der Waals surface area contributed by atoms with Gasteiger partial charge in [-0.05, 0) is 48.6 Å². The van der Waals surface area contributed by atoms with Crippen LogP contribution in [0.1, 0.15) is 42.1 Å². The van der Waals surface area contributed by atoms with Gasteiger partial charge in [0.25, 0.3) is 0 Å². The fraction of sp³-hybridized carbons (Fsp3) is 0.286. The molecule has 0 aliphatic rings. The quantitative estimate of drug-likeness (QED) is 0.659. The Labute approximate surface area is 154 Å². The molecule has 0 aliphatic carbocycles. The highest BCUT2D eigenvalue weighted by molar-refractivity contribution is 5.64. The molecule has 5 nitrogen and oxygen atoms in total. The van der Waals surface area contributed by atoms with Gasteiger partial charge in [-0.2, -0.15) is 4.98 Å². The predicted molar refractivity (Wildman–Crippen MR) is 107 cm³/mol. The van der Waals surface area contributed by atoms with E-state index in [1.807, 2.05) is 25.1 Å². The van der Waals surface area contributed by atoms with Gasteiger partial charge in [0.2, 0.25) is 5.95 Å². The molecule has 0 unspecified atom stereocenters. The van der Waals surface area contributed by atoms with E-state index in [4.69, 9.17) is 0 Å². The molecule has 2 heterocycles. The Morgan fingerprint density at radius 1 is 1.00 bits per heavy atom. The van der Waals surface area contributed by atoms with Gasteiger partial charge in [0, 0.05) is 36.4 Å². The minimum atomic E-state index is 0.423. The number of rotatable bonds is 6. The first kappa shape index (κ1) is 17.9. The number of nitrogens with one attached hydrogen (secondary N) is 2. The zero-order chi connectivity index (χ0) is 18.5. The van der Waals surface area contributed by atoms with Gasteiger partial charge in [0.1, 0.15) is 5.82 Å². The van der Waals surface area contributed by atoms with Crippen LogP contribution in [-0.2, 0) is 6.54 Å². The van der Waals surface area contributed by atoms with E-state index >= 15 is 0 Å². The topological polar surface area (TPSA) is 62.7 Å². The number of para-hydroxylation sites is 1. The summed E-state index contributed by atoms with van der Waals surface area (Å²) in [7, 11) is 0. The average molecular weight is 347 g/mol. The van der Waals surface area contributed by atoms with Crippen LogP contribution >= 0.6 is 0 Å². The Balaban J connectivity index is 1.82. The molecule has 0 atom stereocenters. The van der Waals surface area contributed by atoms with Crippen LogP contribution in [0, 0.1) is 13.8 Å².